The quantitative estimate of drug-likeness (QED) is 0.256. The summed E-state index contributed by atoms with van der Waals surface area (Å²) in [6, 6.07) is 11.0. The van der Waals surface area contributed by atoms with E-state index in [0.29, 0.717) is 34.0 Å². The molecule has 6 nitrogen and oxygen atoms in total. The van der Waals surface area contributed by atoms with Gasteiger partial charge in [-0.3, -0.25) is 4.79 Å². The third-order valence-electron chi connectivity index (χ3n) is 4.71. The number of amides is 1. The topological polar surface area (TPSA) is 99.5 Å². The number of aliphatic carboxylic acids is 1. The highest BCUT2D eigenvalue weighted by molar-refractivity contribution is 8.03. The number of nitrogens with one attached hydrogen (secondary N) is 1. The average Bonchev–Trinajstić information content (AvgIpc) is 2.70. The number of para-hydroxylation sites is 1. The molecule has 2 rings (SSSR count). The van der Waals surface area contributed by atoms with E-state index < -0.39 is 23.5 Å². The molecule has 0 saturated carbocycles. The fourth-order valence-corrected chi connectivity index (χ4v) is 5.68. The Morgan fingerprint density at radius 1 is 1.23 bits per heavy atom. The first-order chi connectivity index (χ1) is 14.2. The van der Waals surface area contributed by atoms with Crippen LogP contribution in [0.25, 0.3) is 10.9 Å². The number of aromatic nitrogens is 1. The number of carboxylic acid groups (broad SMARTS) is 1. The number of thioether (sulfide) groups is 1. The van der Waals surface area contributed by atoms with Crippen molar-refractivity contribution >= 4 is 43.1 Å². The first kappa shape index (κ1) is 24.6. The zero-order chi connectivity index (χ0) is 22.1. The number of pyridine rings is 1. The van der Waals surface area contributed by atoms with Crippen LogP contribution in [0.2, 0.25) is 0 Å². The van der Waals surface area contributed by atoms with Crippen LogP contribution in [0.1, 0.15) is 40.0 Å². The van der Waals surface area contributed by atoms with Crippen LogP contribution in [-0.4, -0.2) is 50.4 Å². The lowest BCUT2D eigenvalue weighted by atomic mass is 9.97. The number of carbonyl (C=O) groups excluding carboxylic acids is 1. The van der Waals surface area contributed by atoms with E-state index in [0.717, 1.165) is 21.4 Å². The summed E-state index contributed by atoms with van der Waals surface area (Å²) in [5.74, 6) is -1.53. The molecule has 0 saturated heterocycles. The zero-order valence-electron chi connectivity index (χ0n) is 17.7. The number of carboxylic acids is 1. The van der Waals surface area contributed by atoms with Crippen molar-refractivity contribution in [2.45, 2.75) is 56.7 Å². The number of nitrogens with zero attached hydrogens (tertiary/aromatic N) is 1. The summed E-state index contributed by atoms with van der Waals surface area (Å²) < 4.78 is 0. The molecule has 8 heteroatoms. The van der Waals surface area contributed by atoms with Crippen molar-refractivity contribution < 1.29 is 19.8 Å². The molecule has 0 aliphatic carbocycles. The Hall–Kier alpha value is -1.69. The third kappa shape index (κ3) is 7.22. The van der Waals surface area contributed by atoms with E-state index >= 15 is 0 Å². The maximum absolute atomic E-state index is 12.7. The molecule has 30 heavy (non-hydrogen) atoms. The highest BCUT2D eigenvalue weighted by Gasteiger charge is 2.37. The minimum absolute atomic E-state index is 0.124. The maximum Gasteiger partial charge on any atom is 0.326 e. The van der Waals surface area contributed by atoms with E-state index in [1.54, 1.807) is 11.8 Å². The van der Waals surface area contributed by atoms with E-state index in [2.05, 4.69) is 10.3 Å². The molecule has 1 heterocycles. The Morgan fingerprint density at radius 2 is 1.97 bits per heavy atom. The van der Waals surface area contributed by atoms with E-state index in [-0.39, 0.29) is 5.92 Å². The van der Waals surface area contributed by atoms with Gasteiger partial charge in [-0.1, -0.05) is 51.5 Å². The van der Waals surface area contributed by atoms with Crippen LogP contribution >= 0.6 is 20.3 Å². The third-order valence-corrected chi connectivity index (χ3v) is 7.46. The molecule has 0 aliphatic rings. The van der Waals surface area contributed by atoms with Crippen molar-refractivity contribution in [2.24, 2.45) is 5.92 Å². The number of hydrogen-bond acceptors (Lipinski definition) is 5. The van der Waals surface area contributed by atoms with Gasteiger partial charge in [0.1, 0.15) is 11.6 Å². The van der Waals surface area contributed by atoms with Crippen molar-refractivity contribution in [3.05, 3.63) is 36.4 Å². The highest BCUT2D eigenvalue weighted by atomic mass is 32.2. The summed E-state index contributed by atoms with van der Waals surface area (Å²) in [6.07, 6.45) is 1.57. The molecule has 1 amide bonds. The summed E-state index contributed by atoms with van der Waals surface area (Å²) in [5, 5.41) is 24.9. The molecule has 0 radical (unpaired) electrons. The van der Waals surface area contributed by atoms with Gasteiger partial charge >= 0.3 is 5.97 Å². The van der Waals surface area contributed by atoms with Crippen molar-refractivity contribution in [1.82, 2.24) is 10.3 Å². The summed E-state index contributed by atoms with van der Waals surface area (Å²) in [4.78, 5) is 28.8. The molecule has 2 aromatic rings. The van der Waals surface area contributed by atoms with Gasteiger partial charge < -0.3 is 15.5 Å². The minimum atomic E-state index is -1.55. The van der Waals surface area contributed by atoms with Gasteiger partial charge in [-0.15, -0.1) is 20.3 Å². The van der Waals surface area contributed by atoms with Gasteiger partial charge in [0.05, 0.1) is 10.5 Å². The first-order valence-corrected chi connectivity index (χ1v) is 12.6. The molecular formula is C22H31N2O4PS. The molecule has 1 aromatic heterocycles. The SMILES string of the molecule is CCCC(O)(CPCSc1ccc2ccccc2n1)C(=O)N[C@@H](CC(C)C)C(=O)O. The first-order valence-electron chi connectivity index (χ1n) is 10.2. The molecule has 0 spiro atoms. The minimum Gasteiger partial charge on any atom is -0.480 e. The molecule has 2 unspecified atom stereocenters. The summed E-state index contributed by atoms with van der Waals surface area (Å²) in [5.41, 5.74) is 0.131. The number of aliphatic hydroxyl groups is 1. The van der Waals surface area contributed by atoms with Crippen LogP contribution in [0.15, 0.2) is 41.4 Å². The van der Waals surface area contributed by atoms with Crippen molar-refractivity contribution in [3.63, 3.8) is 0 Å². The Morgan fingerprint density at radius 3 is 2.63 bits per heavy atom. The number of fused-ring (bicyclic) bond motifs is 1. The smallest absolute Gasteiger partial charge is 0.326 e. The van der Waals surface area contributed by atoms with Crippen LogP contribution in [-0.2, 0) is 9.59 Å². The number of hydrogen-bond donors (Lipinski definition) is 3. The van der Waals surface area contributed by atoms with Crippen LogP contribution in [0.5, 0.6) is 0 Å². The standard InChI is InChI=1S/C22H31N2O4PS/c1-4-11-22(28,21(27)24-18(20(25)26)12-15(2)3)13-29-14-30-19-10-9-16-7-5-6-8-17(16)23-19/h5-10,15,18,28-29H,4,11-14H2,1-3H3,(H,24,27)(H,25,26)/t18-,22?/m0/s1. The normalized spacial score (nSPS) is 14.8. The Balaban J connectivity index is 1.93. The molecule has 1 aromatic carbocycles. The van der Waals surface area contributed by atoms with E-state index in [4.69, 9.17) is 0 Å². The second kappa shape index (κ2) is 11.6. The summed E-state index contributed by atoms with van der Waals surface area (Å²) >= 11 is 1.60. The lowest BCUT2D eigenvalue weighted by Gasteiger charge is -2.28. The number of carbonyl (C=O) groups is 2. The lowest BCUT2D eigenvalue weighted by Crippen LogP contribution is -2.54. The van der Waals surface area contributed by atoms with Gasteiger partial charge in [-0.05, 0) is 30.9 Å². The fourth-order valence-electron chi connectivity index (χ4n) is 3.19. The van der Waals surface area contributed by atoms with Crippen LogP contribution in [0, 0.1) is 5.92 Å². The van der Waals surface area contributed by atoms with Crippen molar-refractivity contribution in [1.29, 1.82) is 0 Å². The summed E-state index contributed by atoms with van der Waals surface area (Å²) in [7, 11) is 0.341. The molecule has 3 atom stereocenters. The van der Waals surface area contributed by atoms with E-state index in [1.165, 1.54) is 0 Å². The van der Waals surface area contributed by atoms with Crippen molar-refractivity contribution in [3.8, 4) is 0 Å². The predicted octanol–water partition coefficient (Wildman–Crippen LogP) is 4.11. The van der Waals surface area contributed by atoms with Crippen LogP contribution in [0.3, 0.4) is 0 Å². The van der Waals surface area contributed by atoms with Crippen molar-refractivity contribution in [2.75, 3.05) is 11.7 Å². The molecule has 0 fully saturated rings. The van der Waals surface area contributed by atoms with E-state index in [9.17, 15) is 19.8 Å². The predicted molar refractivity (Wildman–Crippen MR) is 125 cm³/mol. The Bertz CT molecular complexity index is 864. The lowest BCUT2D eigenvalue weighted by molar-refractivity contribution is -0.147. The number of rotatable bonds is 12. The van der Waals surface area contributed by atoms with Gasteiger partial charge in [-0.2, -0.15) is 0 Å². The molecule has 164 valence electrons. The monoisotopic (exact) mass is 450 g/mol. The average molecular weight is 451 g/mol. The number of benzene rings is 1. The molecular weight excluding hydrogens is 419 g/mol. The molecule has 3 N–H and O–H groups in total. The van der Waals surface area contributed by atoms with Crippen LogP contribution < -0.4 is 5.32 Å². The highest BCUT2D eigenvalue weighted by Crippen LogP contribution is 2.31. The second-order valence-electron chi connectivity index (χ2n) is 7.83. The van der Waals surface area contributed by atoms with E-state index in [1.807, 2.05) is 57.2 Å². The Labute approximate surface area is 184 Å². The Kier molecular flexibility index (Phi) is 9.53. The van der Waals surface area contributed by atoms with Gasteiger partial charge in [0.2, 0.25) is 0 Å². The molecule has 0 aliphatic heterocycles. The molecule has 0 bridgehead atoms. The second-order valence-corrected chi connectivity index (χ2v) is 10.5. The van der Waals surface area contributed by atoms with Gasteiger partial charge in [0, 0.05) is 17.0 Å². The maximum atomic E-state index is 12.7. The fraction of sp³-hybridized carbons (Fsp3) is 0.500. The van der Waals surface area contributed by atoms with Gasteiger partial charge in [0.25, 0.3) is 5.91 Å². The van der Waals surface area contributed by atoms with Crippen LogP contribution in [0.4, 0.5) is 0 Å². The zero-order valence-corrected chi connectivity index (χ0v) is 19.5. The summed E-state index contributed by atoms with van der Waals surface area (Å²) in [6.45, 7) is 5.71. The van der Waals surface area contributed by atoms with Gasteiger partial charge in [-0.25, -0.2) is 9.78 Å². The van der Waals surface area contributed by atoms with Gasteiger partial charge in [0.15, 0.2) is 0 Å². The largest absolute Gasteiger partial charge is 0.480 e.